The third kappa shape index (κ3) is 8.52. The molecule has 0 unspecified atom stereocenters. The van der Waals surface area contributed by atoms with Crippen LogP contribution in [-0.4, -0.2) is 54.0 Å². The maximum absolute atomic E-state index is 13.7. The Balaban J connectivity index is 1.68. The molecule has 0 heterocycles. The van der Waals surface area contributed by atoms with Crippen molar-refractivity contribution in [1.29, 1.82) is 0 Å². The van der Waals surface area contributed by atoms with Crippen LogP contribution in [0.3, 0.4) is 0 Å². The summed E-state index contributed by atoms with van der Waals surface area (Å²) in [6.07, 6.45) is 0.698. The molecular formula is C28H33FN2O6S2. The van der Waals surface area contributed by atoms with Gasteiger partial charge in [0, 0.05) is 18.4 Å². The average molecular weight is 577 g/mol. The van der Waals surface area contributed by atoms with Crippen molar-refractivity contribution in [3.05, 3.63) is 78.1 Å². The van der Waals surface area contributed by atoms with Gasteiger partial charge in [-0.3, -0.25) is 9.10 Å². The minimum Gasteiger partial charge on any atom is -0.494 e. The first-order valence-electron chi connectivity index (χ1n) is 12.3. The molecule has 8 nitrogen and oxygen atoms in total. The van der Waals surface area contributed by atoms with Crippen LogP contribution in [-0.2, 0) is 20.6 Å². The van der Waals surface area contributed by atoms with Crippen LogP contribution in [0, 0.1) is 5.82 Å². The molecule has 3 rings (SSSR count). The van der Waals surface area contributed by atoms with Crippen LogP contribution in [0.4, 0.5) is 10.1 Å². The molecule has 0 saturated carbocycles. The Morgan fingerprint density at radius 2 is 1.67 bits per heavy atom. The summed E-state index contributed by atoms with van der Waals surface area (Å²) in [6, 6.07) is 17.2. The van der Waals surface area contributed by atoms with Gasteiger partial charge in [-0.25, -0.2) is 12.8 Å². The lowest BCUT2D eigenvalue weighted by atomic mass is 10.2. The zero-order chi connectivity index (χ0) is 28.3. The summed E-state index contributed by atoms with van der Waals surface area (Å²) in [5, 5.41) is 2.81. The molecule has 0 aromatic heterocycles. The van der Waals surface area contributed by atoms with E-state index < -0.39 is 22.5 Å². The summed E-state index contributed by atoms with van der Waals surface area (Å²) in [7, 11) is -1.26. The number of methoxy groups -OCH3 is 2. The highest BCUT2D eigenvalue weighted by atomic mass is 32.2. The Bertz CT molecular complexity index is 1320. The van der Waals surface area contributed by atoms with Crippen LogP contribution >= 0.6 is 11.8 Å². The lowest BCUT2D eigenvalue weighted by Crippen LogP contribution is -2.41. The number of amides is 1. The average Bonchev–Trinajstić information content (AvgIpc) is 2.94. The van der Waals surface area contributed by atoms with Gasteiger partial charge in [-0.2, -0.15) is 11.8 Å². The summed E-state index contributed by atoms with van der Waals surface area (Å²) in [4.78, 5) is 12.8. The van der Waals surface area contributed by atoms with E-state index in [4.69, 9.17) is 14.2 Å². The Morgan fingerprint density at radius 1 is 0.974 bits per heavy atom. The highest BCUT2D eigenvalue weighted by molar-refractivity contribution is 7.98. The quantitative estimate of drug-likeness (QED) is 0.258. The highest BCUT2D eigenvalue weighted by Gasteiger charge is 2.28. The zero-order valence-corrected chi connectivity index (χ0v) is 23.8. The van der Waals surface area contributed by atoms with Crippen molar-refractivity contribution >= 4 is 33.4 Å². The predicted molar refractivity (Wildman–Crippen MR) is 152 cm³/mol. The van der Waals surface area contributed by atoms with E-state index in [2.05, 4.69) is 5.32 Å². The molecule has 11 heteroatoms. The minimum absolute atomic E-state index is 0.0426. The number of carbonyl (C=O) groups excluding carboxylic acids is 1. The zero-order valence-electron chi connectivity index (χ0n) is 22.2. The number of halogens is 1. The molecule has 0 bridgehead atoms. The van der Waals surface area contributed by atoms with Crippen molar-refractivity contribution < 1.29 is 31.8 Å². The fourth-order valence-electron chi connectivity index (χ4n) is 3.65. The van der Waals surface area contributed by atoms with Gasteiger partial charge in [0.05, 0.1) is 31.4 Å². The SMILES string of the molecule is CCOc1ccc(N(CC(=O)NCCCSCc2ccc(F)cc2)S(=O)(=O)c2ccc(OC)c(OC)c2)cc1. The first-order valence-corrected chi connectivity index (χ1v) is 14.9. The number of hydrogen-bond donors (Lipinski definition) is 1. The number of nitrogens with zero attached hydrogens (tertiary/aromatic N) is 1. The Kier molecular flexibility index (Phi) is 11.3. The number of rotatable bonds is 15. The minimum atomic E-state index is -4.14. The first kappa shape index (κ1) is 30.1. The Morgan fingerprint density at radius 3 is 2.31 bits per heavy atom. The molecule has 0 aliphatic rings. The molecule has 0 saturated heterocycles. The van der Waals surface area contributed by atoms with E-state index in [1.54, 1.807) is 48.2 Å². The smallest absolute Gasteiger partial charge is 0.264 e. The summed E-state index contributed by atoms with van der Waals surface area (Å²) >= 11 is 1.67. The lowest BCUT2D eigenvalue weighted by molar-refractivity contribution is -0.119. The Hall–Kier alpha value is -3.44. The molecule has 1 N–H and O–H groups in total. The predicted octanol–water partition coefficient (Wildman–Crippen LogP) is 4.88. The number of nitrogens with one attached hydrogen (secondary N) is 1. The number of ether oxygens (including phenoxy) is 3. The maximum Gasteiger partial charge on any atom is 0.264 e. The van der Waals surface area contributed by atoms with E-state index in [-0.39, 0.29) is 16.5 Å². The molecule has 0 spiro atoms. The van der Waals surface area contributed by atoms with Crippen LogP contribution < -0.4 is 23.8 Å². The van der Waals surface area contributed by atoms with Crippen molar-refractivity contribution in [2.45, 2.75) is 24.0 Å². The van der Waals surface area contributed by atoms with Crippen molar-refractivity contribution in [1.82, 2.24) is 5.32 Å². The normalized spacial score (nSPS) is 11.1. The molecule has 210 valence electrons. The second-order valence-corrected chi connectivity index (χ2v) is 11.3. The van der Waals surface area contributed by atoms with E-state index in [9.17, 15) is 17.6 Å². The topological polar surface area (TPSA) is 94.2 Å². The van der Waals surface area contributed by atoms with E-state index in [0.717, 1.165) is 21.4 Å². The monoisotopic (exact) mass is 576 g/mol. The largest absolute Gasteiger partial charge is 0.494 e. The van der Waals surface area contributed by atoms with Gasteiger partial charge in [0.1, 0.15) is 18.1 Å². The summed E-state index contributed by atoms with van der Waals surface area (Å²) in [5.74, 6) is 2.06. The number of thioether (sulfide) groups is 1. The van der Waals surface area contributed by atoms with Crippen molar-refractivity contribution in [2.75, 3.05) is 44.0 Å². The van der Waals surface area contributed by atoms with Crippen LogP contribution in [0.2, 0.25) is 0 Å². The van der Waals surface area contributed by atoms with Crippen molar-refractivity contribution in [3.63, 3.8) is 0 Å². The number of benzene rings is 3. The fourth-order valence-corrected chi connectivity index (χ4v) is 6.01. The van der Waals surface area contributed by atoms with Gasteiger partial charge < -0.3 is 19.5 Å². The van der Waals surface area contributed by atoms with E-state index in [1.165, 1.54) is 44.6 Å². The van der Waals surface area contributed by atoms with Gasteiger partial charge in [-0.1, -0.05) is 12.1 Å². The van der Waals surface area contributed by atoms with Gasteiger partial charge in [-0.15, -0.1) is 0 Å². The standard InChI is InChI=1S/C28H33FN2O6S2/c1-4-37-24-12-10-23(11-13-24)31(39(33,34)25-14-15-26(35-2)27(18-25)36-3)19-28(32)30-16-5-17-38-20-21-6-8-22(29)9-7-21/h6-15,18H,4-5,16-17,19-20H2,1-3H3,(H,30,32). The summed E-state index contributed by atoms with van der Waals surface area (Å²) in [5.41, 5.74) is 1.34. The molecule has 3 aromatic rings. The van der Waals surface area contributed by atoms with Crippen LogP contribution in [0.5, 0.6) is 17.2 Å². The molecular weight excluding hydrogens is 543 g/mol. The van der Waals surface area contributed by atoms with Gasteiger partial charge in [0.25, 0.3) is 10.0 Å². The van der Waals surface area contributed by atoms with E-state index >= 15 is 0 Å². The third-order valence-electron chi connectivity index (χ3n) is 5.64. The van der Waals surface area contributed by atoms with Crippen molar-refractivity contribution in [3.8, 4) is 17.2 Å². The number of carbonyl (C=O) groups is 1. The fraction of sp³-hybridized carbons (Fsp3) is 0.321. The van der Waals surface area contributed by atoms with Crippen LogP contribution in [0.25, 0.3) is 0 Å². The van der Waals surface area contributed by atoms with E-state index in [1.807, 2.05) is 6.92 Å². The summed E-state index contributed by atoms with van der Waals surface area (Å²) in [6.45, 7) is 2.31. The van der Waals surface area contributed by atoms with Gasteiger partial charge in [0.2, 0.25) is 5.91 Å². The lowest BCUT2D eigenvalue weighted by Gasteiger charge is -2.24. The highest BCUT2D eigenvalue weighted by Crippen LogP contribution is 2.32. The van der Waals surface area contributed by atoms with E-state index in [0.29, 0.717) is 36.8 Å². The Labute approximate surface area is 233 Å². The molecule has 0 radical (unpaired) electrons. The second kappa shape index (κ2) is 14.6. The van der Waals surface area contributed by atoms with Crippen LogP contribution in [0.1, 0.15) is 18.9 Å². The molecule has 1 amide bonds. The molecule has 0 fully saturated rings. The molecule has 0 aliphatic carbocycles. The van der Waals surface area contributed by atoms with Crippen LogP contribution in [0.15, 0.2) is 71.6 Å². The maximum atomic E-state index is 13.7. The molecule has 3 aromatic carbocycles. The number of sulfonamides is 1. The number of anilines is 1. The van der Waals surface area contributed by atoms with Gasteiger partial charge in [0.15, 0.2) is 11.5 Å². The second-order valence-electron chi connectivity index (χ2n) is 8.34. The van der Waals surface area contributed by atoms with Gasteiger partial charge in [-0.05, 0) is 73.2 Å². The molecule has 0 aliphatic heterocycles. The summed E-state index contributed by atoms with van der Waals surface area (Å²) < 4.78 is 57.5. The van der Waals surface area contributed by atoms with Crippen molar-refractivity contribution in [2.24, 2.45) is 0 Å². The molecule has 0 atom stereocenters. The van der Waals surface area contributed by atoms with Gasteiger partial charge >= 0.3 is 0 Å². The third-order valence-corrected chi connectivity index (χ3v) is 8.52. The first-order chi connectivity index (χ1) is 18.8. The number of hydrogen-bond acceptors (Lipinski definition) is 7. The molecule has 39 heavy (non-hydrogen) atoms.